The van der Waals surface area contributed by atoms with E-state index in [4.69, 9.17) is 5.73 Å². The molecule has 0 fully saturated rings. The third-order valence-corrected chi connectivity index (χ3v) is 2.99. The summed E-state index contributed by atoms with van der Waals surface area (Å²) in [6.45, 7) is 8.65. The summed E-state index contributed by atoms with van der Waals surface area (Å²) in [5.74, 6) is -0.298. The predicted octanol–water partition coefficient (Wildman–Crippen LogP) is 1.21. The molecule has 0 radical (unpaired) electrons. The van der Waals surface area contributed by atoms with E-state index in [1.807, 2.05) is 44.6 Å². The van der Waals surface area contributed by atoms with E-state index in [-0.39, 0.29) is 11.9 Å². The SMILES string of the molecule is Cc1ccn(CCCC(C)(NC(C)C)C(N)=O)n1. The lowest BCUT2D eigenvalue weighted by Gasteiger charge is -2.29. The van der Waals surface area contributed by atoms with Gasteiger partial charge in [-0.1, -0.05) is 0 Å². The van der Waals surface area contributed by atoms with Crippen molar-refractivity contribution in [3.05, 3.63) is 18.0 Å². The number of nitrogens with zero attached hydrogens (tertiary/aromatic N) is 2. The minimum atomic E-state index is -0.642. The Kier molecular flexibility index (Phi) is 4.90. The number of carbonyl (C=O) groups excluding carboxylic acids is 1. The van der Waals surface area contributed by atoms with Gasteiger partial charge in [-0.05, 0) is 46.6 Å². The number of rotatable bonds is 7. The van der Waals surface area contributed by atoms with Gasteiger partial charge in [0.2, 0.25) is 5.91 Å². The summed E-state index contributed by atoms with van der Waals surface area (Å²) in [5.41, 5.74) is 5.84. The van der Waals surface area contributed by atoms with Gasteiger partial charge >= 0.3 is 0 Å². The van der Waals surface area contributed by atoms with E-state index in [1.165, 1.54) is 0 Å². The molecule has 0 aliphatic rings. The van der Waals surface area contributed by atoms with Crippen molar-refractivity contribution in [1.82, 2.24) is 15.1 Å². The minimum absolute atomic E-state index is 0.231. The quantitative estimate of drug-likeness (QED) is 0.766. The van der Waals surface area contributed by atoms with E-state index in [0.29, 0.717) is 6.42 Å². The Labute approximate surface area is 109 Å². The number of hydrogen-bond donors (Lipinski definition) is 2. The molecular weight excluding hydrogens is 228 g/mol. The summed E-state index contributed by atoms with van der Waals surface area (Å²) in [6, 6.07) is 2.20. The van der Waals surface area contributed by atoms with Crippen molar-refractivity contribution in [2.24, 2.45) is 5.73 Å². The fraction of sp³-hybridized carbons (Fsp3) is 0.692. The van der Waals surface area contributed by atoms with Crippen molar-refractivity contribution in [2.75, 3.05) is 0 Å². The van der Waals surface area contributed by atoms with Gasteiger partial charge in [-0.25, -0.2) is 0 Å². The zero-order valence-corrected chi connectivity index (χ0v) is 11.7. The monoisotopic (exact) mass is 252 g/mol. The second-order valence-corrected chi connectivity index (χ2v) is 5.32. The van der Waals surface area contributed by atoms with Crippen LogP contribution in [-0.2, 0) is 11.3 Å². The molecule has 3 N–H and O–H groups in total. The van der Waals surface area contributed by atoms with E-state index in [2.05, 4.69) is 10.4 Å². The van der Waals surface area contributed by atoms with Crippen LogP contribution < -0.4 is 11.1 Å². The Hall–Kier alpha value is -1.36. The first-order valence-corrected chi connectivity index (χ1v) is 6.41. The summed E-state index contributed by atoms with van der Waals surface area (Å²) in [6.07, 6.45) is 3.52. The van der Waals surface area contributed by atoms with Gasteiger partial charge in [0.15, 0.2) is 0 Å². The molecule has 0 aliphatic carbocycles. The number of hydrogen-bond acceptors (Lipinski definition) is 3. The minimum Gasteiger partial charge on any atom is -0.368 e. The first-order valence-electron chi connectivity index (χ1n) is 6.41. The number of carbonyl (C=O) groups is 1. The zero-order valence-electron chi connectivity index (χ0n) is 11.7. The van der Waals surface area contributed by atoms with Gasteiger partial charge in [0, 0.05) is 18.8 Å². The lowest BCUT2D eigenvalue weighted by Crippen LogP contribution is -2.55. The van der Waals surface area contributed by atoms with Gasteiger partial charge < -0.3 is 11.1 Å². The van der Waals surface area contributed by atoms with Crippen LogP contribution in [0.15, 0.2) is 12.3 Å². The van der Waals surface area contributed by atoms with Crippen LogP contribution in [0.25, 0.3) is 0 Å². The summed E-state index contributed by atoms with van der Waals surface area (Å²) < 4.78 is 1.89. The molecule has 1 aromatic heterocycles. The van der Waals surface area contributed by atoms with Crippen molar-refractivity contribution in [3.8, 4) is 0 Å². The van der Waals surface area contributed by atoms with Crippen LogP contribution in [0.4, 0.5) is 0 Å². The molecule has 0 spiro atoms. The molecule has 1 unspecified atom stereocenters. The highest BCUT2D eigenvalue weighted by molar-refractivity contribution is 5.84. The molecule has 102 valence electrons. The van der Waals surface area contributed by atoms with Crippen molar-refractivity contribution in [2.45, 2.75) is 58.7 Å². The van der Waals surface area contributed by atoms with E-state index in [0.717, 1.165) is 18.7 Å². The first-order chi connectivity index (χ1) is 8.33. The molecule has 1 atom stereocenters. The maximum absolute atomic E-state index is 11.5. The van der Waals surface area contributed by atoms with Gasteiger partial charge in [-0.15, -0.1) is 0 Å². The van der Waals surface area contributed by atoms with Gasteiger partial charge in [0.1, 0.15) is 0 Å². The average Bonchev–Trinajstić information content (AvgIpc) is 2.63. The molecule has 1 rings (SSSR count). The van der Waals surface area contributed by atoms with Crippen LogP contribution in [0.3, 0.4) is 0 Å². The Morgan fingerprint density at radius 2 is 2.28 bits per heavy atom. The highest BCUT2D eigenvalue weighted by Gasteiger charge is 2.30. The maximum Gasteiger partial charge on any atom is 0.237 e. The Morgan fingerprint density at radius 3 is 2.72 bits per heavy atom. The summed E-state index contributed by atoms with van der Waals surface area (Å²) >= 11 is 0. The molecular formula is C13H24N4O. The van der Waals surface area contributed by atoms with Gasteiger partial charge in [-0.2, -0.15) is 5.10 Å². The fourth-order valence-corrected chi connectivity index (χ4v) is 2.09. The van der Waals surface area contributed by atoms with Crippen LogP contribution in [-0.4, -0.2) is 27.3 Å². The number of primary amides is 1. The summed E-state index contributed by atoms with van der Waals surface area (Å²) in [7, 11) is 0. The summed E-state index contributed by atoms with van der Waals surface area (Å²) in [5, 5.41) is 7.56. The standard InChI is InChI=1S/C13H24N4O/c1-10(2)15-13(4,12(14)18)7-5-8-17-9-6-11(3)16-17/h6,9-10,15H,5,7-8H2,1-4H3,(H2,14,18). The Bertz CT molecular complexity index is 399. The van der Waals surface area contributed by atoms with E-state index in [1.54, 1.807) is 0 Å². The highest BCUT2D eigenvalue weighted by atomic mass is 16.1. The van der Waals surface area contributed by atoms with Crippen molar-refractivity contribution in [1.29, 1.82) is 0 Å². The third kappa shape index (κ3) is 4.14. The van der Waals surface area contributed by atoms with E-state index in [9.17, 15) is 4.79 Å². The molecule has 0 bridgehead atoms. The molecule has 0 saturated carbocycles. The molecule has 5 heteroatoms. The lowest BCUT2D eigenvalue weighted by molar-refractivity contribution is -0.124. The number of amides is 1. The number of nitrogens with two attached hydrogens (primary N) is 1. The molecule has 1 heterocycles. The molecule has 18 heavy (non-hydrogen) atoms. The lowest BCUT2D eigenvalue weighted by atomic mass is 9.94. The third-order valence-electron chi connectivity index (χ3n) is 2.99. The second kappa shape index (κ2) is 6.00. The predicted molar refractivity (Wildman–Crippen MR) is 72.1 cm³/mol. The van der Waals surface area contributed by atoms with Crippen LogP contribution in [0.5, 0.6) is 0 Å². The summed E-state index contributed by atoms with van der Waals surface area (Å²) in [4.78, 5) is 11.5. The Balaban J connectivity index is 2.50. The van der Waals surface area contributed by atoms with Gasteiger partial charge in [-0.3, -0.25) is 9.48 Å². The molecule has 0 aliphatic heterocycles. The van der Waals surface area contributed by atoms with Crippen LogP contribution in [0.2, 0.25) is 0 Å². The Morgan fingerprint density at radius 1 is 1.61 bits per heavy atom. The van der Waals surface area contributed by atoms with Crippen LogP contribution in [0.1, 0.15) is 39.3 Å². The zero-order chi connectivity index (χ0) is 13.8. The van der Waals surface area contributed by atoms with E-state index >= 15 is 0 Å². The molecule has 1 amide bonds. The normalized spacial score (nSPS) is 14.7. The van der Waals surface area contributed by atoms with Gasteiger partial charge in [0.25, 0.3) is 0 Å². The molecule has 1 aromatic rings. The van der Waals surface area contributed by atoms with Crippen LogP contribution >= 0.6 is 0 Å². The van der Waals surface area contributed by atoms with Gasteiger partial charge in [0.05, 0.1) is 11.2 Å². The number of nitrogens with one attached hydrogen (secondary N) is 1. The van der Waals surface area contributed by atoms with E-state index < -0.39 is 5.54 Å². The van der Waals surface area contributed by atoms with Crippen molar-refractivity contribution < 1.29 is 4.79 Å². The van der Waals surface area contributed by atoms with Crippen LogP contribution in [0, 0.1) is 6.92 Å². The number of aryl methyl sites for hydroxylation is 2. The molecule has 5 nitrogen and oxygen atoms in total. The maximum atomic E-state index is 11.5. The van der Waals surface area contributed by atoms with Crippen molar-refractivity contribution in [3.63, 3.8) is 0 Å². The first kappa shape index (κ1) is 14.7. The second-order valence-electron chi connectivity index (χ2n) is 5.32. The average molecular weight is 252 g/mol. The largest absolute Gasteiger partial charge is 0.368 e. The fourth-order valence-electron chi connectivity index (χ4n) is 2.09. The number of aromatic nitrogens is 2. The molecule has 0 aromatic carbocycles. The van der Waals surface area contributed by atoms with Crippen molar-refractivity contribution >= 4 is 5.91 Å². The molecule has 0 saturated heterocycles. The highest BCUT2D eigenvalue weighted by Crippen LogP contribution is 2.14. The topological polar surface area (TPSA) is 72.9 Å². The smallest absolute Gasteiger partial charge is 0.237 e.